The molecule has 0 amide bonds. The van der Waals surface area contributed by atoms with Crippen molar-refractivity contribution in [3.05, 3.63) is 120 Å². The summed E-state index contributed by atoms with van der Waals surface area (Å²) in [5.41, 5.74) is 1.63. The average Bonchev–Trinajstić information content (AvgIpc) is 3.23. The molecule has 0 N–H and O–H groups in total. The van der Waals surface area contributed by atoms with Gasteiger partial charge >= 0.3 is 5.97 Å². The van der Waals surface area contributed by atoms with E-state index in [1.165, 1.54) is 19.3 Å². The van der Waals surface area contributed by atoms with Gasteiger partial charge in [0.25, 0.3) is 0 Å². The Morgan fingerprint density at radius 3 is 1.75 bits per heavy atom. The Hall–Kier alpha value is -3.58. The molecule has 1 heterocycles. The Kier molecular flexibility index (Phi) is 7.79. The van der Waals surface area contributed by atoms with Gasteiger partial charge in [0, 0.05) is 6.08 Å². The van der Waals surface area contributed by atoms with E-state index in [1.807, 2.05) is 91.0 Å². The number of ether oxygens (including phenoxy) is 4. The summed E-state index contributed by atoms with van der Waals surface area (Å²) in [6.45, 7) is 3.20. The zero-order chi connectivity index (χ0) is 25.6. The van der Waals surface area contributed by atoms with Crippen LogP contribution in [-0.4, -0.2) is 43.5 Å². The fourth-order valence-corrected chi connectivity index (χ4v) is 4.45. The van der Waals surface area contributed by atoms with Gasteiger partial charge in [-0.25, -0.2) is 4.79 Å². The van der Waals surface area contributed by atoms with Crippen molar-refractivity contribution in [1.82, 2.24) is 0 Å². The van der Waals surface area contributed by atoms with Crippen molar-refractivity contribution in [3.63, 3.8) is 0 Å². The minimum absolute atomic E-state index is 0.245. The molecule has 0 radical (unpaired) electrons. The normalized spacial score (nSPS) is 19.3. The first-order valence-corrected chi connectivity index (χ1v) is 11.8. The Balaban J connectivity index is 1.70. The molecular weight excluding hydrogens is 456 g/mol. The zero-order valence-corrected chi connectivity index (χ0v) is 20.6. The van der Waals surface area contributed by atoms with Crippen LogP contribution in [0.3, 0.4) is 0 Å². The SMILES string of the molecule is COC(=O)/C=C\[C@@H]1OC(C)(C)O[C@@H]1C(=O)COC(c1ccccc1)(c1ccccc1)c1ccccc1. The number of carbonyl (C=O) groups excluding carboxylic acids is 2. The molecule has 186 valence electrons. The third-order valence-corrected chi connectivity index (χ3v) is 6.04. The van der Waals surface area contributed by atoms with Crippen molar-refractivity contribution >= 4 is 11.8 Å². The van der Waals surface area contributed by atoms with Crippen LogP contribution in [-0.2, 0) is 34.1 Å². The smallest absolute Gasteiger partial charge is 0.330 e. The number of rotatable bonds is 9. The Labute approximate surface area is 211 Å². The first kappa shape index (κ1) is 25.5. The van der Waals surface area contributed by atoms with E-state index in [1.54, 1.807) is 13.8 Å². The predicted octanol–water partition coefficient (Wildman–Crippen LogP) is 4.81. The lowest BCUT2D eigenvalue weighted by atomic mass is 9.80. The summed E-state index contributed by atoms with van der Waals surface area (Å²) in [5, 5.41) is 0. The van der Waals surface area contributed by atoms with Gasteiger partial charge in [-0.2, -0.15) is 0 Å². The van der Waals surface area contributed by atoms with Crippen LogP contribution in [0, 0.1) is 0 Å². The molecule has 0 saturated carbocycles. The van der Waals surface area contributed by atoms with E-state index in [0.29, 0.717) is 0 Å². The maximum Gasteiger partial charge on any atom is 0.330 e. The van der Waals surface area contributed by atoms with Crippen LogP contribution < -0.4 is 0 Å². The average molecular weight is 487 g/mol. The largest absolute Gasteiger partial charge is 0.466 e. The van der Waals surface area contributed by atoms with Crippen LogP contribution in [0.4, 0.5) is 0 Å². The van der Waals surface area contributed by atoms with E-state index < -0.39 is 29.6 Å². The second-order valence-corrected chi connectivity index (χ2v) is 8.94. The van der Waals surface area contributed by atoms with Crippen LogP contribution in [0.1, 0.15) is 30.5 Å². The van der Waals surface area contributed by atoms with E-state index in [-0.39, 0.29) is 12.4 Å². The van der Waals surface area contributed by atoms with E-state index in [2.05, 4.69) is 4.74 Å². The highest BCUT2D eigenvalue weighted by Gasteiger charge is 2.45. The van der Waals surface area contributed by atoms with E-state index in [0.717, 1.165) is 16.7 Å². The molecule has 0 bridgehead atoms. The van der Waals surface area contributed by atoms with Crippen LogP contribution >= 0.6 is 0 Å². The minimum Gasteiger partial charge on any atom is -0.466 e. The summed E-state index contributed by atoms with van der Waals surface area (Å²) < 4.78 is 23.1. The van der Waals surface area contributed by atoms with E-state index >= 15 is 0 Å². The summed E-state index contributed by atoms with van der Waals surface area (Å²) in [6, 6.07) is 29.5. The molecule has 1 aliphatic heterocycles. The molecule has 6 nitrogen and oxygen atoms in total. The summed E-state index contributed by atoms with van der Waals surface area (Å²) in [6.07, 6.45) is 1.02. The van der Waals surface area contributed by atoms with Crippen molar-refractivity contribution in [1.29, 1.82) is 0 Å². The molecule has 0 aliphatic carbocycles. The van der Waals surface area contributed by atoms with Gasteiger partial charge in [0.15, 0.2) is 17.7 Å². The Bertz CT molecular complexity index is 1090. The summed E-state index contributed by atoms with van der Waals surface area (Å²) >= 11 is 0. The third-order valence-electron chi connectivity index (χ3n) is 6.04. The third kappa shape index (κ3) is 5.46. The lowest BCUT2D eigenvalue weighted by molar-refractivity contribution is -0.157. The molecule has 4 rings (SSSR count). The van der Waals surface area contributed by atoms with Gasteiger partial charge in [-0.3, -0.25) is 4.79 Å². The molecule has 6 heteroatoms. The second kappa shape index (κ2) is 11.0. The van der Waals surface area contributed by atoms with Crippen LogP contribution in [0.5, 0.6) is 0 Å². The van der Waals surface area contributed by atoms with E-state index in [4.69, 9.17) is 14.2 Å². The fraction of sp³-hybridized carbons (Fsp3) is 0.267. The highest BCUT2D eigenvalue weighted by atomic mass is 16.8. The van der Waals surface area contributed by atoms with Crippen molar-refractivity contribution in [2.45, 2.75) is 37.4 Å². The first-order chi connectivity index (χ1) is 17.4. The first-order valence-electron chi connectivity index (χ1n) is 11.8. The molecule has 3 aromatic rings. The molecular formula is C30H30O6. The second-order valence-electron chi connectivity index (χ2n) is 8.94. The van der Waals surface area contributed by atoms with E-state index in [9.17, 15) is 9.59 Å². The molecule has 1 saturated heterocycles. The predicted molar refractivity (Wildman–Crippen MR) is 135 cm³/mol. The van der Waals surface area contributed by atoms with Gasteiger partial charge in [0.1, 0.15) is 18.3 Å². The molecule has 1 aliphatic rings. The lowest BCUT2D eigenvalue weighted by Gasteiger charge is -2.36. The molecule has 0 aromatic heterocycles. The monoisotopic (exact) mass is 486 g/mol. The highest BCUT2D eigenvalue weighted by Crippen LogP contribution is 2.40. The van der Waals surface area contributed by atoms with Gasteiger partial charge < -0.3 is 18.9 Å². The highest BCUT2D eigenvalue weighted by molar-refractivity contribution is 5.86. The topological polar surface area (TPSA) is 71.1 Å². The standard InChI is InChI=1S/C30H30O6/c1-29(2)35-26(19-20-27(32)33-3)28(36-29)25(31)21-34-30(22-13-7-4-8-14-22,23-15-9-5-10-16-23)24-17-11-6-12-18-24/h4-20,26,28H,21H2,1-3H3/b20-19-/t26-,28+/m0/s1. The van der Waals surface area contributed by atoms with Gasteiger partial charge in [-0.05, 0) is 36.6 Å². The number of Topliss-reactive ketones (excluding diaryl/α,β-unsaturated/α-hetero) is 1. The fourth-order valence-electron chi connectivity index (χ4n) is 4.45. The van der Waals surface area contributed by atoms with Gasteiger partial charge in [-0.1, -0.05) is 91.0 Å². The molecule has 1 fully saturated rings. The van der Waals surface area contributed by atoms with Crippen LogP contribution in [0.15, 0.2) is 103 Å². The van der Waals surface area contributed by atoms with Crippen LogP contribution in [0.25, 0.3) is 0 Å². The molecule has 3 aromatic carbocycles. The van der Waals surface area contributed by atoms with Crippen molar-refractivity contribution in [2.75, 3.05) is 13.7 Å². The quantitative estimate of drug-likeness (QED) is 0.246. The van der Waals surface area contributed by atoms with Crippen LogP contribution in [0.2, 0.25) is 0 Å². The maximum atomic E-state index is 13.5. The van der Waals surface area contributed by atoms with Gasteiger partial charge in [0.05, 0.1) is 7.11 Å². The molecule has 0 unspecified atom stereocenters. The number of carbonyl (C=O) groups is 2. The summed E-state index contributed by atoms with van der Waals surface area (Å²) in [5.74, 6) is -1.84. The number of esters is 1. The minimum atomic E-state index is -1.04. The zero-order valence-electron chi connectivity index (χ0n) is 20.6. The van der Waals surface area contributed by atoms with Crippen molar-refractivity contribution < 1.29 is 28.5 Å². The molecule has 36 heavy (non-hydrogen) atoms. The van der Waals surface area contributed by atoms with Gasteiger partial charge in [0.2, 0.25) is 0 Å². The number of hydrogen-bond acceptors (Lipinski definition) is 6. The summed E-state index contributed by atoms with van der Waals surface area (Å²) in [4.78, 5) is 25.1. The van der Waals surface area contributed by atoms with Gasteiger partial charge in [-0.15, -0.1) is 0 Å². The van der Waals surface area contributed by atoms with Crippen molar-refractivity contribution in [3.8, 4) is 0 Å². The van der Waals surface area contributed by atoms with Crippen molar-refractivity contribution in [2.24, 2.45) is 0 Å². The Morgan fingerprint density at radius 2 is 1.31 bits per heavy atom. The number of ketones is 1. The maximum absolute atomic E-state index is 13.5. The summed E-state index contributed by atoms with van der Waals surface area (Å²) in [7, 11) is 1.29. The Morgan fingerprint density at radius 1 is 0.833 bits per heavy atom. The molecule has 0 spiro atoms. The number of hydrogen-bond donors (Lipinski definition) is 0. The number of benzene rings is 3. The molecule has 2 atom stereocenters. The lowest BCUT2D eigenvalue weighted by Crippen LogP contribution is -2.39. The number of methoxy groups -OCH3 is 1.